The van der Waals surface area contributed by atoms with E-state index in [4.69, 9.17) is 4.42 Å². The summed E-state index contributed by atoms with van der Waals surface area (Å²) in [4.78, 5) is 0. The van der Waals surface area contributed by atoms with Gasteiger partial charge in [-0.3, -0.25) is 0 Å². The van der Waals surface area contributed by atoms with Gasteiger partial charge in [-0.1, -0.05) is 44.2 Å². The quantitative estimate of drug-likeness (QED) is 0.704. The van der Waals surface area contributed by atoms with Crippen molar-refractivity contribution < 1.29 is 4.42 Å². The summed E-state index contributed by atoms with van der Waals surface area (Å²) in [6.07, 6.45) is 0. The van der Waals surface area contributed by atoms with Gasteiger partial charge in [0.05, 0.1) is 6.54 Å². The number of benzene rings is 2. The number of hydrogen-bond acceptors (Lipinski definition) is 2. The maximum absolute atomic E-state index is 5.79. The van der Waals surface area contributed by atoms with Crippen LogP contribution in [0.25, 0.3) is 11.0 Å². The van der Waals surface area contributed by atoms with E-state index in [0.717, 1.165) is 22.4 Å². The Morgan fingerprint density at radius 3 is 2.45 bits per heavy atom. The molecule has 0 aliphatic heterocycles. The molecular formula is C18H19NO. The van der Waals surface area contributed by atoms with Gasteiger partial charge in [0.2, 0.25) is 0 Å². The first-order valence-corrected chi connectivity index (χ1v) is 7.03. The molecule has 0 saturated heterocycles. The van der Waals surface area contributed by atoms with Gasteiger partial charge in [0.1, 0.15) is 11.3 Å². The first-order valence-electron chi connectivity index (χ1n) is 7.03. The molecule has 3 aromatic rings. The SMILES string of the molecule is CC(C)c1ccc(NCc2cc3ccccc3o2)cc1. The molecule has 1 aromatic heterocycles. The van der Waals surface area contributed by atoms with Crippen molar-refractivity contribution in [2.75, 3.05) is 5.32 Å². The molecule has 0 amide bonds. The molecule has 20 heavy (non-hydrogen) atoms. The number of furan rings is 1. The molecule has 2 aromatic carbocycles. The zero-order valence-electron chi connectivity index (χ0n) is 11.9. The van der Waals surface area contributed by atoms with Crippen LogP contribution in [0.4, 0.5) is 5.69 Å². The van der Waals surface area contributed by atoms with Gasteiger partial charge < -0.3 is 9.73 Å². The third-order valence-electron chi connectivity index (χ3n) is 3.52. The topological polar surface area (TPSA) is 25.2 Å². The Kier molecular flexibility index (Phi) is 3.46. The Morgan fingerprint density at radius 1 is 1.00 bits per heavy atom. The van der Waals surface area contributed by atoms with Crippen LogP contribution in [-0.4, -0.2) is 0 Å². The van der Waals surface area contributed by atoms with E-state index in [1.165, 1.54) is 5.56 Å². The van der Waals surface area contributed by atoms with E-state index in [2.05, 4.69) is 55.6 Å². The largest absolute Gasteiger partial charge is 0.459 e. The first-order chi connectivity index (χ1) is 9.72. The van der Waals surface area contributed by atoms with Crippen LogP contribution in [0.2, 0.25) is 0 Å². The number of anilines is 1. The Bertz CT molecular complexity index is 662. The summed E-state index contributed by atoms with van der Waals surface area (Å²) in [5.74, 6) is 1.53. The molecule has 0 aliphatic carbocycles. The number of fused-ring (bicyclic) bond motifs is 1. The van der Waals surface area contributed by atoms with Crippen LogP contribution >= 0.6 is 0 Å². The monoisotopic (exact) mass is 265 g/mol. The molecule has 1 N–H and O–H groups in total. The molecule has 0 atom stereocenters. The van der Waals surface area contributed by atoms with Crippen LogP contribution in [0.1, 0.15) is 31.1 Å². The fourth-order valence-electron chi connectivity index (χ4n) is 2.30. The molecule has 0 fully saturated rings. The minimum absolute atomic E-state index is 0.569. The molecule has 0 spiro atoms. The lowest BCUT2D eigenvalue weighted by Crippen LogP contribution is -1.98. The zero-order chi connectivity index (χ0) is 13.9. The van der Waals surface area contributed by atoms with Gasteiger partial charge in [-0.15, -0.1) is 0 Å². The Hall–Kier alpha value is -2.22. The van der Waals surface area contributed by atoms with Crippen molar-refractivity contribution in [3.05, 3.63) is 65.9 Å². The lowest BCUT2D eigenvalue weighted by molar-refractivity contribution is 0.559. The predicted molar refractivity (Wildman–Crippen MR) is 84.1 cm³/mol. The zero-order valence-corrected chi connectivity index (χ0v) is 11.9. The summed E-state index contributed by atoms with van der Waals surface area (Å²) in [5.41, 5.74) is 3.42. The highest BCUT2D eigenvalue weighted by atomic mass is 16.3. The molecule has 0 bridgehead atoms. The highest BCUT2D eigenvalue weighted by Gasteiger charge is 2.03. The van der Waals surface area contributed by atoms with Crippen molar-refractivity contribution in [2.24, 2.45) is 0 Å². The molecule has 0 radical (unpaired) electrons. The summed E-state index contributed by atoms with van der Waals surface area (Å²) >= 11 is 0. The summed E-state index contributed by atoms with van der Waals surface area (Å²) < 4.78 is 5.79. The maximum Gasteiger partial charge on any atom is 0.134 e. The van der Waals surface area contributed by atoms with Gasteiger partial charge in [-0.2, -0.15) is 0 Å². The lowest BCUT2D eigenvalue weighted by Gasteiger charge is -2.08. The number of para-hydroxylation sites is 1. The van der Waals surface area contributed by atoms with Crippen LogP contribution < -0.4 is 5.32 Å². The molecule has 1 heterocycles. The summed E-state index contributed by atoms with van der Waals surface area (Å²) in [6.45, 7) is 5.11. The van der Waals surface area contributed by atoms with E-state index in [0.29, 0.717) is 12.5 Å². The second-order valence-electron chi connectivity index (χ2n) is 5.38. The van der Waals surface area contributed by atoms with E-state index in [-0.39, 0.29) is 0 Å². The van der Waals surface area contributed by atoms with Crippen molar-refractivity contribution in [1.29, 1.82) is 0 Å². The van der Waals surface area contributed by atoms with Crippen molar-refractivity contribution >= 4 is 16.7 Å². The molecule has 0 unspecified atom stereocenters. The van der Waals surface area contributed by atoms with Crippen molar-refractivity contribution in [1.82, 2.24) is 0 Å². The minimum atomic E-state index is 0.569. The third-order valence-corrected chi connectivity index (χ3v) is 3.52. The minimum Gasteiger partial charge on any atom is -0.459 e. The highest BCUT2D eigenvalue weighted by molar-refractivity contribution is 5.77. The number of rotatable bonds is 4. The normalized spacial score (nSPS) is 11.2. The second kappa shape index (κ2) is 5.41. The van der Waals surface area contributed by atoms with E-state index in [9.17, 15) is 0 Å². The number of hydrogen-bond donors (Lipinski definition) is 1. The molecule has 0 aliphatic rings. The van der Waals surface area contributed by atoms with Gasteiger partial charge >= 0.3 is 0 Å². The fourth-order valence-corrected chi connectivity index (χ4v) is 2.30. The van der Waals surface area contributed by atoms with Crippen molar-refractivity contribution in [3.8, 4) is 0 Å². The summed E-state index contributed by atoms with van der Waals surface area (Å²) in [7, 11) is 0. The van der Waals surface area contributed by atoms with Crippen LogP contribution in [-0.2, 0) is 6.54 Å². The molecule has 3 rings (SSSR count). The lowest BCUT2D eigenvalue weighted by atomic mass is 10.0. The smallest absolute Gasteiger partial charge is 0.134 e. The molecule has 2 nitrogen and oxygen atoms in total. The van der Waals surface area contributed by atoms with E-state index in [1.54, 1.807) is 0 Å². The van der Waals surface area contributed by atoms with E-state index >= 15 is 0 Å². The summed E-state index contributed by atoms with van der Waals surface area (Å²) in [5, 5.41) is 4.55. The average molecular weight is 265 g/mol. The summed E-state index contributed by atoms with van der Waals surface area (Å²) in [6, 6.07) is 18.8. The van der Waals surface area contributed by atoms with Gasteiger partial charge in [-0.25, -0.2) is 0 Å². The van der Waals surface area contributed by atoms with Crippen molar-refractivity contribution in [3.63, 3.8) is 0 Å². The Balaban J connectivity index is 1.69. The van der Waals surface area contributed by atoms with E-state index < -0.39 is 0 Å². The highest BCUT2D eigenvalue weighted by Crippen LogP contribution is 2.21. The molecule has 0 saturated carbocycles. The maximum atomic E-state index is 5.79. The fraction of sp³-hybridized carbons (Fsp3) is 0.222. The van der Waals surface area contributed by atoms with Crippen LogP contribution in [0.3, 0.4) is 0 Å². The van der Waals surface area contributed by atoms with Crippen molar-refractivity contribution in [2.45, 2.75) is 26.3 Å². The van der Waals surface area contributed by atoms with Gasteiger partial charge in [0.25, 0.3) is 0 Å². The van der Waals surface area contributed by atoms with Gasteiger partial charge in [-0.05, 0) is 35.7 Å². The Labute approximate surface area is 119 Å². The van der Waals surface area contributed by atoms with Crippen LogP contribution in [0.5, 0.6) is 0 Å². The molecule has 102 valence electrons. The molecule has 2 heteroatoms. The molecular weight excluding hydrogens is 246 g/mol. The average Bonchev–Trinajstić information content (AvgIpc) is 2.88. The van der Waals surface area contributed by atoms with E-state index in [1.807, 2.05) is 18.2 Å². The first kappa shape index (κ1) is 12.8. The van der Waals surface area contributed by atoms with Crippen LogP contribution in [0, 0.1) is 0 Å². The standard InChI is InChI=1S/C18H19NO/c1-13(2)14-7-9-16(10-8-14)19-12-17-11-15-5-3-4-6-18(15)20-17/h3-11,13,19H,12H2,1-2H3. The number of nitrogens with one attached hydrogen (secondary N) is 1. The predicted octanol–water partition coefficient (Wildman–Crippen LogP) is 5.17. The third kappa shape index (κ3) is 2.69. The second-order valence-corrected chi connectivity index (χ2v) is 5.38. The van der Waals surface area contributed by atoms with Gasteiger partial charge in [0.15, 0.2) is 0 Å². The van der Waals surface area contributed by atoms with Crippen LogP contribution in [0.15, 0.2) is 59.0 Å². The van der Waals surface area contributed by atoms with Gasteiger partial charge in [0, 0.05) is 11.1 Å². The Morgan fingerprint density at radius 2 is 1.75 bits per heavy atom.